The van der Waals surface area contributed by atoms with Crippen molar-refractivity contribution in [1.82, 2.24) is 10.2 Å². The minimum absolute atomic E-state index is 0.0850. The van der Waals surface area contributed by atoms with Gasteiger partial charge in [-0.3, -0.25) is 9.69 Å². The van der Waals surface area contributed by atoms with Crippen molar-refractivity contribution in [3.63, 3.8) is 0 Å². The molecule has 122 valence electrons. The van der Waals surface area contributed by atoms with Gasteiger partial charge in [0.05, 0.1) is 15.3 Å². The van der Waals surface area contributed by atoms with Crippen LogP contribution in [0.3, 0.4) is 0 Å². The Kier molecular flexibility index (Phi) is 5.59. The van der Waals surface area contributed by atoms with Gasteiger partial charge >= 0.3 is 0 Å². The van der Waals surface area contributed by atoms with Crippen LogP contribution in [-0.2, 0) is 0 Å². The van der Waals surface area contributed by atoms with Crippen LogP contribution in [0.5, 0.6) is 0 Å². The third kappa shape index (κ3) is 4.07. The normalized spacial score (nSPS) is 16.4. The molecular formula is C17H18Cl2N2OS. The molecule has 1 aliphatic heterocycles. The van der Waals surface area contributed by atoms with Crippen molar-refractivity contribution in [3.8, 4) is 0 Å². The van der Waals surface area contributed by atoms with Crippen molar-refractivity contribution in [2.24, 2.45) is 0 Å². The summed E-state index contributed by atoms with van der Waals surface area (Å²) in [4.78, 5) is 15.3. The quantitative estimate of drug-likeness (QED) is 0.834. The van der Waals surface area contributed by atoms with E-state index in [1.54, 1.807) is 12.1 Å². The van der Waals surface area contributed by atoms with Crippen LogP contribution in [0, 0.1) is 0 Å². The molecule has 1 amide bonds. The summed E-state index contributed by atoms with van der Waals surface area (Å²) in [6.45, 7) is 2.62. The molecule has 0 saturated carbocycles. The highest BCUT2D eigenvalue weighted by Crippen LogP contribution is 2.30. The van der Waals surface area contributed by atoms with Crippen LogP contribution in [0.4, 0.5) is 0 Å². The smallest absolute Gasteiger partial charge is 0.261 e. The number of amides is 1. The second-order valence-electron chi connectivity index (χ2n) is 5.59. The molecule has 1 atom stereocenters. The van der Waals surface area contributed by atoms with Crippen molar-refractivity contribution >= 4 is 40.4 Å². The summed E-state index contributed by atoms with van der Waals surface area (Å²) in [6.07, 6.45) is 2.38. The average molecular weight is 369 g/mol. The average Bonchev–Trinajstić information content (AvgIpc) is 3.21. The lowest BCUT2D eigenvalue weighted by Gasteiger charge is -2.28. The molecule has 0 spiro atoms. The standard InChI is InChI=1S/C17H18Cl2N2OS/c18-13-6-2-1-5-12(13)14(21-9-3-4-10-21)11-20-17(22)15-7-8-16(19)23-15/h1-2,5-8,14H,3-4,9-11H2,(H,20,22). The lowest BCUT2D eigenvalue weighted by Crippen LogP contribution is -2.36. The van der Waals surface area contributed by atoms with Gasteiger partial charge in [0.2, 0.25) is 0 Å². The second-order valence-corrected chi connectivity index (χ2v) is 7.72. The van der Waals surface area contributed by atoms with Gasteiger partial charge in [-0.15, -0.1) is 11.3 Å². The van der Waals surface area contributed by atoms with Crippen LogP contribution in [0.2, 0.25) is 9.36 Å². The predicted octanol–water partition coefficient (Wildman–Crippen LogP) is 4.62. The maximum atomic E-state index is 12.3. The number of thiophene rings is 1. The number of nitrogens with one attached hydrogen (secondary N) is 1. The molecule has 1 aromatic heterocycles. The topological polar surface area (TPSA) is 32.3 Å². The number of nitrogens with zero attached hydrogens (tertiary/aromatic N) is 1. The lowest BCUT2D eigenvalue weighted by molar-refractivity contribution is 0.0942. The molecule has 0 bridgehead atoms. The Labute approximate surface area is 150 Å². The zero-order chi connectivity index (χ0) is 16.2. The van der Waals surface area contributed by atoms with E-state index in [2.05, 4.69) is 10.2 Å². The van der Waals surface area contributed by atoms with Gasteiger partial charge in [-0.1, -0.05) is 41.4 Å². The summed E-state index contributed by atoms with van der Waals surface area (Å²) in [5.74, 6) is -0.0850. The first-order chi connectivity index (χ1) is 11.1. The van der Waals surface area contributed by atoms with Crippen LogP contribution in [0.25, 0.3) is 0 Å². The first kappa shape index (κ1) is 16.8. The van der Waals surface area contributed by atoms with E-state index in [1.807, 2.05) is 24.3 Å². The van der Waals surface area contributed by atoms with Gasteiger partial charge in [0.1, 0.15) is 0 Å². The van der Waals surface area contributed by atoms with Crippen LogP contribution < -0.4 is 5.32 Å². The molecule has 1 fully saturated rings. The molecule has 1 N–H and O–H groups in total. The van der Waals surface area contributed by atoms with Gasteiger partial charge in [-0.2, -0.15) is 0 Å². The first-order valence-electron chi connectivity index (χ1n) is 7.67. The van der Waals surface area contributed by atoms with Crippen LogP contribution in [-0.4, -0.2) is 30.4 Å². The molecule has 0 aliphatic carbocycles. The molecule has 6 heteroatoms. The molecule has 0 radical (unpaired) electrons. The number of halogens is 2. The van der Waals surface area contributed by atoms with Gasteiger partial charge in [0, 0.05) is 11.6 Å². The third-order valence-electron chi connectivity index (χ3n) is 4.10. The second kappa shape index (κ2) is 7.67. The number of rotatable bonds is 5. The maximum Gasteiger partial charge on any atom is 0.261 e. The monoisotopic (exact) mass is 368 g/mol. The Morgan fingerprint density at radius 2 is 1.91 bits per heavy atom. The number of likely N-dealkylation sites (tertiary alicyclic amines) is 1. The number of carbonyl (C=O) groups is 1. The van der Waals surface area contributed by atoms with E-state index < -0.39 is 0 Å². The number of hydrogen-bond acceptors (Lipinski definition) is 3. The maximum absolute atomic E-state index is 12.3. The molecule has 2 heterocycles. The fourth-order valence-electron chi connectivity index (χ4n) is 2.95. The van der Waals surface area contributed by atoms with Crippen molar-refractivity contribution in [2.75, 3.05) is 19.6 Å². The van der Waals surface area contributed by atoms with E-state index >= 15 is 0 Å². The molecule has 1 saturated heterocycles. The summed E-state index contributed by atoms with van der Waals surface area (Å²) in [5, 5.41) is 3.78. The lowest BCUT2D eigenvalue weighted by atomic mass is 10.1. The molecule has 1 aliphatic rings. The van der Waals surface area contributed by atoms with E-state index in [1.165, 1.54) is 24.2 Å². The minimum Gasteiger partial charge on any atom is -0.349 e. The molecule has 1 aromatic carbocycles. The molecule has 23 heavy (non-hydrogen) atoms. The van der Waals surface area contributed by atoms with Crippen LogP contribution in [0.1, 0.15) is 34.1 Å². The SMILES string of the molecule is O=C(NCC(c1ccccc1Cl)N1CCCC1)c1ccc(Cl)s1. The van der Waals surface area contributed by atoms with Gasteiger partial charge < -0.3 is 5.32 Å². The zero-order valence-electron chi connectivity index (χ0n) is 12.6. The summed E-state index contributed by atoms with van der Waals surface area (Å²) in [5.41, 5.74) is 1.07. The molecule has 3 rings (SSSR count). The summed E-state index contributed by atoms with van der Waals surface area (Å²) in [6, 6.07) is 11.5. The fraction of sp³-hybridized carbons (Fsp3) is 0.353. The highest BCUT2D eigenvalue weighted by atomic mass is 35.5. The largest absolute Gasteiger partial charge is 0.349 e. The van der Waals surface area contributed by atoms with Crippen molar-refractivity contribution < 1.29 is 4.79 Å². The van der Waals surface area contributed by atoms with Crippen molar-refractivity contribution in [1.29, 1.82) is 0 Å². The van der Waals surface area contributed by atoms with E-state index in [0.29, 0.717) is 15.8 Å². The minimum atomic E-state index is -0.0850. The summed E-state index contributed by atoms with van der Waals surface area (Å²) in [7, 11) is 0. The van der Waals surface area contributed by atoms with Crippen LogP contribution in [0.15, 0.2) is 36.4 Å². The Hall–Kier alpha value is -1.07. The number of carbonyl (C=O) groups excluding carboxylic acids is 1. The zero-order valence-corrected chi connectivity index (χ0v) is 14.9. The van der Waals surface area contributed by atoms with Gasteiger partial charge in [-0.05, 0) is 49.7 Å². The Balaban J connectivity index is 1.74. The number of hydrogen-bond donors (Lipinski definition) is 1. The van der Waals surface area contributed by atoms with Gasteiger partial charge in [-0.25, -0.2) is 0 Å². The van der Waals surface area contributed by atoms with Crippen LogP contribution >= 0.6 is 34.5 Å². The first-order valence-corrected chi connectivity index (χ1v) is 9.24. The Morgan fingerprint density at radius 3 is 2.57 bits per heavy atom. The van der Waals surface area contributed by atoms with Gasteiger partial charge in [0.25, 0.3) is 5.91 Å². The highest BCUT2D eigenvalue weighted by Gasteiger charge is 2.25. The van der Waals surface area contributed by atoms with E-state index in [9.17, 15) is 4.79 Å². The number of benzene rings is 1. The summed E-state index contributed by atoms with van der Waals surface area (Å²) < 4.78 is 0.623. The van der Waals surface area contributed by atoms with E-state index in [4.69, 9.17) is 23.2 Å². The van der Waals surface area contributed by atoms with Gasteiger partial charge in [0.15, 0.2) is 0 Å². The molecule has 1 unspecified atom stereocenters. The third-order valence-corrected chi connectivity index (χ3v) is 5.67. The Morgan fingerprint density at radius 1 is 1.17 bits per heavy atom. The van der Waals surface area contributed by atoms with E-state index in [0.717, 1.165) is 23.7 Å². The molecule has 3 nitrogen and oxygen atoms in total. The fourth-order valence-corrected chi connectivity index (χ4v) is 4.17. The van der Waals surface area contributed by atoms with Crippen molar-refractivity contribution in [3.05, 3.63) is 56.2 Å². The molecular weight excluding hydrogens is 351 g/mol. The highest BCUT2D eigenvalue weighted by molar-refractivity contribution is 7.17. The van der Waals surface area contributed by atoms with Crippen molar-refractivity contribution in [2.45, 2.75) is 18.9 Å². The predicted molar refractivity (Wildman–Crippen MR) is 96.7 cm³/mol. The Bertz CT molecular complexity index is 683. The summed E-state index contributed by atoms with van der Waals surface area (Å²) >= 11 is 13.6. The molecule has 2 aromatic rings. The van der Waals surface area contributed by atoms with E-state index in [-0.39, 0.29) is 11.9 Å².